The van der Waals surface area contributed by atoms with E-state index < -0.39 is 0 Å². The van der Waals surface area contributed by atoms with Crippen molar-refractivity contribution in [2.24, 2.45) is 23.7 Å². The molecule has 0 aromatic carbocycles. The van der Waals surface area contributed by atoms with Gasteiger partial charge in [0, 0.05) is 13.1 Å². The Morgan fingerprint density at radius 3 is 1.75 bits per heavy atom. The highest BCUT2D eigenvalue weighted by Gasteiger charge is 2.47. The Kier molecular flexibility index (Phi) is 1.52. The van der Waals surface area contributed by atoms with E-state index in [1.807, 2.05) is 0 Å². The molecule has 4 fully saturated rings. The molecule has 4 aliphatic rings. The Morgan fingerprint density at radius 1 is 0.833 bits per heavy atom. The first-order chi connectivity index (χ1) is 5.86. The second kappa shape index (κ2) is 2.47. The fraction of sp³-hybridized carbons (Fsp3) is 0.909. The van der Waals surface area contributed by atoms with Crippen molar-refractivity contribution in [3.8, 4) is 0 Å². The average Bonchev–Trinajstić information content (AvgIpc) is 2.02. The van der Waals surface area contributed by atoms with Crippen molar-refractivity contribution in [3.05, 3.63) is 7.05 Å². The lowest BCUT2D eigenvalue weighted by Crippen LogP contribution is -2.52. The summed E-state index contributed by atoms with van der Waals surface area (Å²) in [6.07, 6.45) is 7.55. The summed E-state index contributed by atoms with van der Waals surface area (Å²) in [7, 11) is 3.88. The molecule has 4 bridgehead atoms. The van der Waals surface area contributed by atoms with Gasteiger partial charge in [-0.15, -0.1) is 0 Å². The molecule has 1 N–H and O–H groups in total. The molecule has 1 radical (unpaired) electrons. The van der Waals surface area contributed by atoms with Crippen molar-refractivity contribution >= 4 is 0 Å². The minimum atomic E-state index is 0.776. The number of hydrogen-bond donors (Lipinski definition) is 1. The number of rotatable bonds is 1. The van der Waals surface area contributed by atoms with Gasteiger partial charge < -0.3 is 5.32 Å². The van der Waals surface area contributed by atoms with Crippen LogP contribution in [0.2, 0.25) is 0 Å². The van der Waals surface area contributed by atoms with Crippen molar-refractivity contribution in [2.75, 3.05) is 0 Å². The molecule has 1 nitrogen and oxygen atoms in total. The quantitative estimate of drug-likeness (QED) is 0.626. The topological polar surface area (TPSA) is 12.0 Å². The van der Waals surface area contributed by atoms with Crippen LogP contribution in [0.25, 0.3) is 0 Å². The first-order valence-electron chi connectivity index (χ1n) is 5.39. The summed E-state index contributed by atoms with van der Waals surface area (Å²) in [4.78, 5) is 0. The van der Waals surface area contributed by atoms with E-state index in [2.05, 4.69) is 12.4 Å². The van der Waals surface area contributed by atoms with Crippen LogP contribution in [0, 0.1) is 30.7 Å². The normalized spacial score (nSPS) is 56.2. The molecule has 1 heteroatoms. The monoisotopic (exact) mass is 164 g/mol. The lowest BCUT2D eigenvalue weighted by atomic mass is 9.54. The second-order valence-corrected chi connectivity index (χ2v) is 5.16. The van der Waals surface area contributed by atoms with Crippen LogP contribution in [0.5, 0.6) is 0 Å². The van der Waals surface area contributed by atoms with Crippen LogP contribution in [0.15, 0.2) is 0 Å². The SMILES string of the molecule is [CH2]N[C@H]1[C@H]2C[C@H]3C[C@H](C2)C[C@H]1C3. The standard InChI is InChI=1S/C11H18N/c1-12-11-9-3-7-2-8(5-9)6-10(11)4-7/h7-12H,1-6H2/t7-,8-,9-,10+,11+. The van der Waals surface area contributed by atoms with Gasteiger partial charge in [-0.05, 0) is 55.8 Å². The van der Waals surface area contributed by atoms with Crippen LogP contribution in [0.4, 0.5) is 0 Å². The third-order valence-corrected chi connectivity index (χ3v) is 4.46. The van der Waals surface area contributed by atoms with E-state index in [1.54, 1.807) is 6.42 Å². The molecule has 4 aliphatic carbocycles. The summed E-state index contributed by atoms with van der Waals surface area (Å²) in [5, 5.41) is 3.30. The van der Waals surface area contributed by atoms with Crippen LogP contribution in [-0.2, 0) is 0 Å². The summed E-state index contributed by atoms with van der Waals surface area (Å²) in [5.74, 6) is 4.16. The van der Waals surface area contributed by atoms with Gasteiger partial charge >= 0.3 is 0 Å². The van der Waals surface area contributed by atoms with E-state index in [9.17, 15) is 0 Å². The van der Waals surface area contributed by atoms with E-state index >= 15 is 0 Å². The Hall–Kier alpha value is -0.0400. The van der Waals surface area contributed by atoms with Crippen molar-refractivity contribution in [3.63, 3.8) is 0 Å². The Bertz CT molecular complexity index is 159. The fourth-order valence-corrected chi connectivity index (χ4v) is 4.26. The van der Waals surface area contributed by atoms with Gasteiger partial charge in [0.15, 0.2) is 0 Å². The molecule has 0 heterocycles. The number of hydrogen-bond acceptors (Lipinski definition) is 1. The predicted octanol–water partition coefficient (Wildman–Crippen LogP) is 2.19. The van der Waals surface area contributed by atoms with E-state index in [0.717, 1.165) is 29.7 Å². The number of nitrogens with one attached hydrogen (secondary N) is 1. The first kappa shape index (κ1) is 7.37. The largest absolute Gasteiger partial charge is 0.312 e. The maximum atomic E-state index is 3.88. The van der Waals surface area contributed by atoms with Gasteiger partial charge in [-0.2, -0.15) is 0 Å². The zero-order chi connectivity index (χ0) is 8.13. The second-order valence-electron chi connectivity index (χ2n) is 5.16. The maximum absolute atomic E-state index is 3.88. The van der Waals surface area contributed by atoms with Crippen LogP contribution in [0.1, 0.15) is 32.1 Å². The predicted molar refractivity (Wildman–Crippen MR) is 49.3 cm³/mol. The van der Waals surface area contributed by atoms with Crippen LogP contribution >= 0.6 is 0 Å². The van der Waals surface area contributed by atoms with Gasteiger partial charge in [-0.1, -0.05) is 0 Å². The molecule has 0 aromatic rings. The van der Waals surface area contributed by atoms with Crippen LogP contribution in [-0.4, -0.2) is 6.04 Å². The lowest BCUT2D eigenvalue weighted by Gasteiger charge is -2.54. The minimum Gasteiger partial charge on any atom is -0.312 e. The molecular weight excluding hydrogens is 146 g/mol. The van der Waals surface area contributed by atoms with Crippen LogP contribution in [0.3, 0.4) is 0 Å². The molecule has 0 unspecified atom stereocenters. The van der Waals surface area contributed by atoms with E-state index in [4.69, 9.17) is 0 Å². The summed E-state index contributed by atoms with van der Waals surface area (Å²) >= 11 is 0. The third-order valence-electron chi connectivity index (χ3n) is 4.46. The fourth-order valence-electron chi connectivity index (χ4n) is 4.26. The lowest BCUT2D eigenvalue weighted by molar-refractivity contribution is -0.00919. The average molecular weight is 164 g/mol. The van der Waals surface area contributed by atoms with E-state index in [1.165, 1.54) is 25.7 Å². The Labute approximate surface area is 74.9 Å². The molecular formula is C11H18N. The van der Waals surface area contributed by atoms with Crippen molar-refractivity contribution < 1.29 is 0 Å². The van der Waals surface area contributed by atoms with E-state index in [-0.39, 0.29) is 0 Å². The maximum Gasteiger partial charge on any atom is 0.0124 e. The zero-order valence-electron chi connectivity index (χ0n) is 7.63. The molecule has 0 atom stereocenters. The van der Waals surface area contributed by atoms with Gasteiger partial charge in [0.25, 0.3) is 0 Å². The van der Waals surface area contributed by atoms with Crippen molar-refractivity contribution in [1.29, 1.82) is 0 Å². The Morgan fingerprint density at radius 2 is 1.33 bits per heavy atom. The molecule has 0 aliphatic heterocycles. The van der Waals surface area contributed by atoms with Crippen molar-refractivity contribution in [2.45, 2.75) is 38.1 Å². The molecule has 0 spiro atoms. The smallest absolute Gasteiger partial charge is 0.0124 e. The highest BCUT2D eigenvalue weighted by Crippen LogP contribution is 2.53. The first-order valence-corrected chi connectivity index (χ1v) is 5.39. The molecule has 0 amide bonds. The highest BCUT2D eigenvalue weighted by atomic mass is 14.9. The minimum absolute atomic E-state index is 0.776. The van der Waals surface area contributed by atoms with Gasteiger partial charge in [0.05, 0.1) is 0 Å². The molecule has 67 valence electrons. The molecule has 0 aromatic heterocycles. The Balaban J connectivity index is 1.86. The van der Waals surface area contributed by atoms with Gasteiger partial charge in [-0.3, -0.25) is 0 Å². The van der Waals surface area contributed by atoms with Crippen molar-refractivity contribution in [1.82, 2.24) is 5.32 Å². The molecule has 0 saturated heterocycles. The summed E-state index contributed by atoms with van der Waals surface area (Å²) < 4.78 is 0. The van der Waals surface area contributed by atoms with E-state index in [0.29, 0.717) is 0 Å². The summed E-state index contributed by atoms with van der Waals surface area (Å²) in [5.41, 5.74) is 0. The highest BCUT2D eigenvalue weighted by molar-refractivity contribution is 5.01. The zero-order valence-corrected chi connectivity index (χ0v) is 7.63. The van der Waals surface area contributed by atoms with Gasteiger partial charge in [0.1, 0.15) is 0 Å². The van der Waals surface area contributed by atoms with Gasteiger partial charge in [0.2, 0.25) is 0 Å². The molecule has 4 rings (SSSR count). The molecule has 12 heavy (non-hydrogen) atoms. The van der Waals surface area contributed by atoms with Crippen LogP contribution < -0.4 is 5.32 Å². The summed E-state index contributed by atoms with van der Waals surface area (Å²) in [6.45, 7) is 0. The third kappa shape index (κ3) is 0.891. The molecule has 4 saturated carbocycles. The van der Waals surface area contributed by atoms with Gasteiger partial charge in [-0.25, -0.2) is 0 Å². The summed E-state index contributed by atoms with van der Waals surface area (Å²) in [6, 6.07) is 0.776.